The van der Waals surface area contributed by atoms with Crippen molar-refractivity contribution in [1.82, 2.24) is 29.4 Å². The Hall–Kier alpha value is -3.66. The molecule has 9 nitrogen and oxygen atoms in total. The Morgan fingerprint density at radius 1 is 1.10 bits per heavy atom. The standard InChI is InChI=1S/C19H12BrN7O2/c20-15-10-25(24-19(15)27(28)29)9-12-4-3-5-13(8-12)17-22-18-14-6-1-2-7-16(14)21-11-26(18)23-17/h1-8,10-11H,9H2. The van der Waals surface area contributed by atoms with E-state index in [1.54, 1.807) is 17.0 Å². The van der Waals surface area contributed by atoms with Crippen LogP contribution in [-0.4, -0.2) is 34.3 Å². The van der Waals surface area contributed by atoms with E-state index in [9.17, 15) is 10.1 Å². The fourth-order valence-electron chi connectivity index (χ4n) is 3.19. The fourth-order valence-corrected chi connectivity index (χ4v) is 3.65. The zero-order chi connectivity index (χ0) is 20.0. The number of para-hydroxylation sites is 1. The van der Waals surface area contributed by atoms with E-state index >= 15 is 0 Å². The van der Waals surface area contributed by atoms with Gasteiger partial charge in [0.05, 0.1) is 23.4 Å². The van der Waals surface area contributed by atoms with Gasteiger partial charge in [-0.1, -0.05) is 30.3 Å². The van der Waals surface area contributed by atoms with Gasteiger partial charge in [-0.15, -0.1) is 5.10 Å². The number of aromatic nitrogens is 6. The summed E-state index contributed by atoms with van der Waals surface area (Å²) >= 11 is 3.17. The van der Waals surface area contributed by atoms with E-state index in [1.807, 2.05) is 48.5 Å². The first-order valence-corrected chi connectivity index (χ1v) is 9.44. The topological polar surface area (TPSA) is 104 Å². The van der Waals surface area contributed by atoms with Gasteiger partial charge in [0.1, 0.15) is 10.8 Å². The molecule has 5 aromatic rings. The Balaban J connectivity index is 1.52. The van der Waals surface area contributed by atoms with Gasteiger partial charge in [0, 0.05) is 10.9 Å². The molecule has 0 radical (unpaired) electrons. The molecule has 0 N–H and O–H groups in total. The van der Waals surface area contributed by atoms with E-state index in [4.69, 9.17) is 4.98 Å². The molecule has 0 amide bonds. The number of rotatable bonds is 4. The smallest absolute Gasteiger partial charge is 0.358 e. The van der Waals surface area contributed by atoms with Gasteiger partial charge in [-0.05, 0) is 44.6 Å². The minimum atomic E-state index is -0.518. The molecule has 0 aliphatic rings. The predicted molar refractivity (Wildman–Crippen MR) is 109 cm³/mol. The third-order valence-corrected chi connectivity index (χ3v) is 5.04. The van der Waals surface area contributed by atoms with Crippen molar-refractivity contribution in [3.8, 4) is 11.4 Å². The number of nitro groups is 1. The summed E-state index contributed by atoms with van der Waals surface area (Å²) < 4.78 is 3.54. The molecular weight excluding hydrogens is 438 g/mol. The Labute approximate surface area is 171 Å². The summed E-state index contributed by atoms with van der Waals surface area (Å²) in [4.78, 5) is 19.6. The van der Waals surface area contributed by atoms with Gasteiger partial charge in [-0.2, -0.15) is 4.68 Å². The first-order valence-electron chi connectivity index (χ1n) is 8.65. The molecule has 5 rings (SSSR count). The number of benzene rings is 2. The van der Waals surface area contributed by atoms with Gasteiger partial charge in [0.25, 0.3) is 0 Å². The van der Waals surface area contributed by atoms with E-state index in [1.165, 1.54) is 4.68 Å². The van der Waals surface area contributed by atoms with E-state index < -0.39 is 4.92 Å². The number of halogens is 1. The third-order valence-electron chi connectivity index (χ3n) is 4.48. The molecule has 0 fully saturated rings. The Morgan fingerprint density at radius 3 is 2.79 bits per heavy atom. The molecular formula is C19H12BrN7O2. The van der Waals surface area contributed by atoms with E-state index in [0.717, 1.165) is 27.7 Å². The van der Waals surface area contributed by atoms with Crippen LogP contribution in [-0.2, 0) is 6.54 Å². The first kappa shape index (κ1) is 17.4. The van der Waals surface area contributed by atoms with Crippen molar-refractivity contribution in [3.05, 3.63) is 81.2 Å². The predicted octanol–water partition coefficient (Wildman–Crippen LogP) is 3.86. The van der Waals surface area contributed by atoms with Gasteiger partial charge in [-0.3, -0.25) is 0 Å². The molecule has 29 heavy (non-hydrogen) atoms. The van der Waals surface area contributed by atoms with Crippen LogP contribution in [0, 0.1) is 10.1 Å². The molecule has 0 bridgehead atoms. The highest BCUT2D eigenvalue weighted by atomic mass is 79.9. The van der Waals surface area contributed by atoms with Gasteiger partial charge >= 0.3 is 5.82 Å². The molecule has 0 saturated heterocycles. The minimum Gasteiger partial charge on any atom is -0.358 e. The molecule has 0 spiro atoms. The van der Waals surface area contributed by atoms with Crippen molar-refractivity contribution in [3.63, 3.8) is 0 Å². The molecule has 0 aliphatic heterocycles. The first-order chi connectivity index (χ1) is 14.1. The van der Waals surface area contributed by atoms with Crippen molar-refractivity contribution in [1.29, 1.82) is 0 Å². The lowest BCUT2D eigenvalue weighted by atomic mass is 10.1. The molecule has 2 aromatic carbocycles. The SMILES string of the molecule is O=[N+]([O-])c1nn(Cc2cccc(-c3nc4c5ccccc5ncn4n3)c2)cc1Br. The van der Waals surface area contributed by atoms with Crippen LogP contribution >= 0.6 is 15.9 Å². The molecule has 0 aliphatic carbocycles. The van der Waals surface area contributed by atoms with E-state index in [-0.39, 0.29) is 5.82 Å². The summed E-state index contributed by atoms with van der Waals surface area (Å²) in [6.45, 7) is 0.387. The van der Waals surface area contributed by atoms with Crippen LogP contribution in [0.3, 0.4) is 0 Å². The molecule has 10 heteroatoms. The van der Waals surface area contributed by atoms with Gasteiger partial charge < -0.3 is 10.1 Å². The quantitative estimate of drug-likeness (QED) is 0.304. The van der Waals surface area contributed by atoms with Crippen LogP contribution in [0.1, 0.15) is 5.56 Å². The average Bonchev–Trinajstić information content (AvgIpc) is 3.32. The average molecular weight is 450 g/mol. The van der Waals surface area contributed by atoms with Crippen molar-refractivity contribution in [2.75, 3.05) is 0 Å². The molecule has 0 atom stereocenters. The van der Waals surface area contributed by atoms with Crippen molar-refractivity contribution in [2.45, 2.75) is 6.54 Å². The molecule has 142 valence electrons. The summed E-state index contributed by atoms with van der Waals surface area (Å²) in [5.41, 5.74) is 3.37. The normalized spacial score (nSPS) is 11.3. The fraction of sp³-hybridized carbons (Fsp3) is 0.0526. The van der Waals surface area contributed by atoms with Crippen molar-refractivity contribution in [2.24, 2.45) is 0 Å². The van der Waals surface area contributed by atoms with Crippen LogP contribution in [0.15, 0.2) is 65.5 Å². The zero-order valence-corrected chi connectivity index (χ0v) is 16.4. The maximum Gasteiger partial charge on any atom is 0.404 e. The van der Waals surface area contributed by atoms with Crippen molar-refractivity contribution >= 4 is 38.3 Å². The maximum atomic E-state index is 11.0. The highest BCUT2D eigenvalue weighted by molar-refractivity contribution is 9.10. The number of hydrogen-bond acceptors (Lipinski definition) is 6. The van der Waals surface area contributed by atoms with Gasteiger partial charge in [-0.25, -0.2) is 14.5 Å². The molecule has 3 heterocycles. The van der Waals surface area contributed by atoms with E-state index in [2.05, 4.69) is 31.1 Å². The van der Waals surface area contributed by atoms with Crippen molar-refractivity contribution < 1.29 is 4.92 Å². The lowest BCUT2D eigenvalue weighted by Crippen LogP contribution is -2.01. The zero-order valence-electron chi connectivity index (χ0n) is 14.8. The number of fused-ring (bicyclic) bond motifs is 3. The molecule has 3 aromatic heterocycles. The highest BCUT2D eigenvalue weighted by Gasteiger charge is 2.19. The van der Waals surface area contributed by atoms with Gasteiger partial charge in [0.2, 0.25) is 0 Å². The second kappa shape index (κ2) is 6.74. The molecule has 0 unspecified atom stereocenters. The number of hydrogen-bond donors (Lipinski definition) is 0. The van der Waals surface area contributed by atoms with Crippen LogP contribution in [0.2, 0.25) is 0 Å². The Morgan fingerprint density at radius 2 is 1.97 bits per heavy atom. The minimum absolute atomic E-state index is 0.206. The molecule has 0 saturated carbocycles. The highest BCUT2D eigenvalue weighted by Crippen LogP contribution is 2.24. The second-order valence-electron chi connectivity index (χ2n) is 6.42. The Bertz CT molecular complexity index is 1390. The number of nitrogens with zero attached hydrogens (tertiary/aromatic N) is 7. The summed E-state index contributed by atoms with van der Waals surface area (Å²) in [6, 6.07) is 15.5. The van der Waals surface area contributed by atoms with Gasteiger partial charge in [0.15, 0.2) is 11.5 Å². The monoisotopic (exact) mass is 449 g/mol. The lowest BCUT2D eigenvalue weighted by molar-refractivity contribution is -0.390. The lowest BCUT2D eigenvalue weighted by Gasteiger charge is -2.01. The van der Waals surface area contributed by atoms with E-state index in [0.29, 0.717) is 16.8 Å². The van der Waals surface area contributed by atoms with Crippen LogP contribution in [0.4, 0.5) is 5.82 Å². The summed E-state index contributed by atoms with van der Waals surface area (Å²) in [5, 5.41) is 20.5. The van der Waals surface area contributed by atoms with Crippen LogP contribution in [0.25, 0.3) is 27.9 Å². The second-order valence-corrected chi connectivity index (χ2v) is 7.28. The Kier molecular flexibility index (Phi) is 4.06. The summed E-state index contributed by atoms with van der Waals surface area (Å²) in [6.07, 6.45) is 3.24. The summed E-state index contributed by atoms with van der Waals surface area (Å²) in [5.74, 6) is 0.375. The van der Waals surface area contributed by atoms with Crippen LogP contribution in [0.5, 0.6) is 0 Å². The largest absolute Gasteiger partial charge is 0.404 e. The summed E-state index contributed by atoms with van der Waals surface area (Å²) in [7, 11) is 0. The maximum absolute atomic E-state index is 11.0. The third kappa shape index (κ3) is 3.13. The van der Waals surface area contributed by atoms with Crippen LogP contribution < -0.4 is 0 Å².